The normalized spacial score (nSPS) is 16.0. The van der Waals surface area contributed by atoms with Crippen LogP contribution in [0.15, 0.2) is 48.7 Å². The maximum absolute atomic E-state index is 12.4. The van der Waals surface area contributed by atoms with Crippen molar-refractivity contribution in [1.29, 1.82) is 0 Å². The smallest absolute Gasteiger partial charge is 0.238 e. The molecule has 26 heavy (non-hydrogen) atoms. The standard InChI is InChI=1S/C21H27N3O2/c1-16(2)18-6-5-7-19(14-18)22-21(25)15-23-12-9-17(10-13-23)20-8-3-4-11-24(20)26/h3-8,11,14,16-17H,9-10,12-13,15H2,1-2H3,(H,22,25). The third-order valence-electron chi connectivity index (χ3n) is 5.06. The molecule has 0 atom stereocenters. The molecule has 1 aromatic carbocycles. The Morgan fingerprint density at radius 1 is 1.23 bits per heavy atom. The van der Waals surface area contributed by atoms with E-state index < -0.39 is 0 Å². The second-order valence-electron chi connectivity index (χ2n) is 7.33. The summed E-state index contributed by atoms with van der Waals surface area (Å²) in [6.45, 7) is 6.34. The molecule has 2 heterocycles. The summed E-state index contributed by atoms with van der Waals surface area (Å²) in [5.74, 6) is 0.728. The number of carbonyl (C=O) groups excluding carboxylic acids is 1. The molecule has 1 fully saturated rings. The number of amides is 1. The third kappa shape index (κ3) is 4.61. The first kappa shape index (κ1) is 18.4. The van der Waals surface area contributed by atoms with Gasteiger partial charge >= 0.3 is 0 Å². The fourth-order valence-electron chi connectivity index (χ4n) is 3.52. The van der Waals surface area contributed by atoms with E-state index in [1.165, 1.54) is 5.56 Å². The maximum Gasteiger partial charge on any atom is 0.238 e. The van der Waals surface area contributed by atoms with Crippen molar-refractivity contribution in [2.45, 2.75) is 38.5 Å². The Bertz CT molecular complexity index is 752. The SMILES string of the molecule is CC(C)c1cccc(NC(=O)CN2CCC(c3cccc[n+]3[O-])CC2)c1. The van der Waals surface area contributed by atoms with Crippen LogP contribution in [-0.4, -0.2) is 30.4 Å². The first-order valence-corrected chi connectivity index (χ1v) is 9.33. The van der Waals surface area contributed by atoms with E-state index in [-0.39, 0.29) is 11.8 Å². The molecular formula is C21H27N3O2. The van der Waals surface area contributed by atoms with Gasteiger partial charge in [0.15, 0.2) is 11.9 Å². The highest BCUT2D eigenvalue weighted by Crippen LogP contribution is 2.25. The molecule has 1 aliphatic heterocycles. The summed E-state index contributed by atoms with van der Waals surface area (Å²) in [7, 11) is 0. The van der Waals surface area contributed by atoms with Crippen LogP contribution in [0.5, 0.6) is 0 Å². The quantitative estimate of drug-likeness (QED) is 0.663. The molecule has 1 N–H and O–H groups in total. The highest BCUT2D eigenvalue weighted by Gasteiger charge is 2.26. The first-order valence-electron chi connectivity index (χ1n) is 9.33. The second kappa shape index (κ2) is 8.32. The van der Waals surface area contributed by atoms with Gasteiger partial charge in [-0.1, -0.05) is 32.0 Å². The van der Waals surface area contributed by atoms with Crippen molar-refractivity contribution in [2.75, 3.05) is 25.0 Å². The number of nitrogens with one attached hydrogen (secondary N) is 1. The van der Waals surface area contributed by atoms with E-state index in [0.717, 1.165) is 42.0 Å². The number of anilines is 1. The minimum absolute atomic E-state index is 0.0166. The van der Waals surface area contributed by atoms with Crippen LogP contribution in [0, 0.1) is 5.21 Å². The lowest BCUT2D eigenvalue weighted by Gasteiger charge is -2.30. The van der Waals surface area contributed by atoms with E-state index in [0.29, 0.717) is 12.5 Å². The molecule has 5 nitrogen and oxygen atoms in total. The molecule has 0 saturated carbocycles. The van der Waals surface area contributed by atoms with Crippen molar-refractivity contribution >= 4 is 11.6 Å². The van der Waals surface area contributed by atoms with Crippen molar-refractivity contribution < 1.29 is 9.52 Å². The van der Waals surface area contributed by atoms with Crippen LogP contribution in [-0.2, 0) is 4.79 Å². The van der Waals surface area contributed by atoms with E-state index in [1.807, 2.05) is 30.3 Å². The first-order chi connectivity index (χ1) is 12.5. The fraction of sp³-hybridized carbons (Fsp3) is 0.429. The summed E-state index contributed by atoms with van der Waals surface area (Å²) in [5, 5.41) is 14.9. The Labute approximate surface area is 155 Å². The van der Waals surface area contributed by atoms with Gasteiger partial charge in [-0.15, -0.1) is 0 Å². The van der Waals surface area contributed by atoms with Gasteiger partial charge in [0.05, 0.1) is 6.54 Å². The summed E-state index contributed by atoms with van der Waals surface area (Å²) in [5.41, 5.74) is 2.91. The number of aromatic nitrogens is 1. The number of hydrogen-bond acceptors (Lipinski definition) is 3. The minimum Gasteiger partial charge on any atom is -0.618 e. The number of pyridine rings is 1. The van der Waals surface area contributed by atoms with Gasteiger partial charge in [-0.3, -0.25) is 9.69 Å². The fourth-order valence-corrected chi connectivity index (χ4v) is 3.52. The number of piperidine rings is 1. The van der Waals surface area contributed by atoms with Crippen molar-refractivity contribution in [2.24, 2.45) is 0 Å². The molecular weight excluding hydrogens is 326 g/mol. The third-order valence-corrected chi connectivity index (χ3v) is 5.06. The molecule has 0 aliphatic carbocycles. The Morgan fingerprint density at radius 3 is 2.69 bits per heavy atom. The van der Waals surface area contributed by atoms with E-state index in [4.69, 9.17) is 0 Å². The molecule has 1 aromatic heterocycles. The predicted molar refractivity (Wildman–Crippen MR) is 103 cm³/mol. The van der Waals surface area contributed by atoms with Crippen LogP contribution >= 0.6 is 0 Å². The topological polar surface area (TPSA) is 59.3 Å². The Kier molecular flexibility index (Phi) is 5.89. The summed E-state index contributed by atoms with van der Waals surface area (Å²) in [6.07, 6.45) is 3.37. The number of rotatable bonds is 5. The van der Waals surface area contributed by atoms with Crippen molar-refractivity contribution in [3.63, 3.8) is 0 Å². The van der Waals surface area contributed by atoms with Crippen molar-refractivity contribution in [1.82, 2.24) is 4.90 Å². The number of nitrogens with zero attached hydrogens (tertiary/aromatic N) is 2. The average Bonchev–Trinajstić information content (AvgIpc) is 2.63. The maximum atomic E-state index is 12.4. The van der Waals surface area contributed by atoms with E-state index in [9.17, 15) is 10.0 Å². The molecule has 0 bridgehead atoms. The van der Waals surface area contributed by atoms with Gasteiger partial charge in [-0.05, 0) is 49.5 Å². The van der Waals surface area contributed by atoms with Crippen LogP contribution in [0.25, 0.3) is 0 Å². The van der Waals surface area contributed by atoms with Gasteiger partial charge in [-0.25, -0.2) is 0 Å². The molecule has 5 heteroatoms. The summed E-state index contributed by atoms with van der Waals surface area (Å²) in [4.78, 5) is 14.5. The second-order valence-corrected chi connectivity index (χ2v) is 7.33. The van der Waals surface area contributed by atoms with E-state index >= 15 is 0 Å². The van der Waals surface area contributed by atoms with Gasteiger partial charge in [0.25, 0.3) is 0 Å². The molecule has 138 valence electrons. The van der Waals surface area contributed by atoms with Crippen LogP contribution in [0.4, 0.5) is 5.69 Å². The van der Waals surface area contributed by atoms with Crippen LogP contribution in [0.2, 0.25) is 0 Å². The van der Waals surface area contributed by atoms with Crippen LogP contribution in [0.3, 0.4) is 0 Å². The highest BCUT2D eigenvalue weighted by molar-refractivity contribution is 5.92. The van der Waals surface area contributed by atoms with Crippen LogP contribution < -0.4 is 10.0 Å². The zero-order chi connectivity index (χ0) is 18.5. The minimum atomic E-state index is 0.0166. The van der Waals surface area contributed by atoms with Gasteiger partial charge in [-0.2, -0.15) is 4.73 Å². The number of carbonyl (C=O) groups is 1. The summed E-state index contributed by atoms with van der Waals surface area (Å²) < 4.78 is 0.967. The monoisotopic (exact) mass is 353 g/mol. The Hall–Kier alpha value is -2.40. The van der Waals surface area contributed by atoms with E-state index in [1.54, 1.807) is 12.3 Å². The van der Waals surface area contributed by atoms with Crippen molar-refractivity contribution in [3.8, 4) is 0 Å². The van der Waals surface area contributed by atoms with Gasteiger partial charge in [0, 0.05) is 23.7 Å². The molecule has 3 rings (SSSR count). The number of benzene rings is 1. The molecule has 0 unspecified atom stereocenters. The molecule has 1 amide bonds. The zero-order valence-corrected chi connectivity index (χ0v) is 15.5. The molecule has 2 aromatic rings. The van der Waals surface area contributed by atoms with Crippen molar-refractivity contribution in [3.05, 3.63) is 65.1 Å². The molecule has 1 saturated heterocycles. The number of hydrogen-bond donors (Lipinski definition) is 1. The molecule has 0 radical (unpaired) electrons. The number of likely N-dealkylation sites (tertiary alicyclic amines) is 1. The van der Waals surface area contributed by atoms with Gasteiger partial charge in [0.1, 0.15) is 0 Å². The summed E-state index contributed by atoms with van der Waals surface area (Å²) >= 11 is 0. The largest absolute Gasteiger partial charge is 0.618 e. The molecule has 1 aliphatic rings. The average molecular weight is 353 g/mol. The van der Waals surface area contributed by atoms with E-state index in [2.05, 4.69) is 30.1 Å². The van der Waals surface area contributed by atoms with Crippen LogP contribution in [0.1, 0.15) is 49.8 Å². The Balaban J connectivity index is 1.51. The lowest BCUT2D eigenvalue weighted by atomic mass is 9.93. The lowest BCUT2D eigenvalue weighted by molar-refractivity contribution is -0.616. The van der Waals surface area contributed by atoms with Gasteiger partial charge < -0.3 is 10.5 Å². The highest BCUT2D eigenvalue weighted by atomic mass is 16.5. The lowest BCUT2D eigenvalue weighted by Crippen LogP contribution is -2.41. The predicted octanol–water partition coefficient (Wildman–Crippen LogP) is 3.26. The summed E-state index contributed by atoms with van der Waals surface area (Å²) in [6, 6.07) is 13.6. The Morgan fingerprint density at radius 2 is 2.00 bits per heavy atom. The molecule has 0 spiro atoms. The zero-order valence-electron chi connectivity index (χ0n) is 15.5. The van der Waals surface area contributed by atoms with Gasteiger partial charge in [0.2, 0.25) is 5.91 Å².